The minimum absolute atomic E-state index is 0.0190. The molecule has 0 aliphatic heterocycles. The number of ketones is 1. The zero-order valence-electron chi connectivity index (χ0n) is 18.8. The van der Waals surface area contributed by atoms with Crippen molar-refractivity contribution in [2.45, 2.75) is 65.8 Å². The van der Waals surface area contributed by atoms with Crippen molar-refractivity contribution in [1.82, 2.24) is 9.55 Å². The minimum Gasteiger partial charge on any atom is -0.481 e. The first kappa shape index (κ1) is 23.2. The number of carboxylic acids is 1. The quantitative estimate of drug-likeness (QED) is 0.352. The van der Waals surface area contributed by atoms with Gasteiger partial charge in [-0.15, -0.1) is 11.3 Å². The zero-order valence-corrected chi connectivity index (χ0v) is 19.6. The standard InChI is InChI=1S/C25H32N2O3S/c1-5-16(4)20(25(29)30)15-23(28)17-10-11-22-21(13-17)26-24(14-19-9-8-12-31-19)27(22)18(6-2)7-3/h8-13,16,18,20H,5-7,14-15H2,1-4H3,(H,29,30)/t16?,20-/m0/s1. The molecule has 0 bridgehead atoms. The summed E-state index contributed by atoms with van der Waals surface area (Å²) >= 11 is 1.72. The van der Waals surface area contributed by atoms with E-state index in [-0.39, 0.29) is 18.1 Å². The molecule has 0 aliphatic rings. The number of carbonyl (C=O) groups is 2. The van der Waals surface area contributed by atoms with Gasteiger partial charge in [0, 0.05) is 29.3 Å². The number of Topliss-reactive ketones (excluding diaryl/α,β-unsaturated/α-hetero) is 1. The van der Waals surface area contributed by atoms with Crippen LogP contribution in [0.4, 0.5) is 0 Å². The molecule has 0 amide bonds. The maximum absolute atomic E-state index is 12.9. The Morgan fingerprint density at radius 2 is 1.87 bits per heavy atom. The van der Waals surface area contributed by atoms with Crippen molar-refractivity contribution >= 4 is 34.1 Å². The number of hydrogen-bond donors (Lipinski definition) is 1. The Balaban J connectivity index is 1.98. The van der Waals surface area contributed by atoms with E-state index in [1.165, 1.54) is 4.88 Å². The van der Waals surface area contributed by atoms with Crippen LogP contribution in [-0.2, 0) is 11.2 Å². The number of nitrogens with zero attached hydrogens (tertiary/aromatic N) is 2. The van der Waals surface area contributed by atoms with Gasteiger partial charge in [0.1, 0.15) is 5.82 Å². The molecule has 6 heteroatoms. The number of benzene rings is 1. The van der Waals surface area contributed by atoms with Crippen molar-refractivity contribution in [1.29, 1.82) is 0 Å². The van der Waals surface area contributed by atoms with Gasteiger partial charge in [0.05, 0.1) is 17.0 Å². The molecular weight excluding hydrogens is 408 g/mol. The van der Waals surface area contributed by atoms with Gasteiger partial charge < -0.3 is 9.67 Å². The first-order valence-electron chi connectivity index (χ1n) is 11.2. The predicted molar refractivity (Wildman–Crippen MR) is 126 cm³/mol. The summed E-state index contributed by atoms with van der Waals surface area (Å²) in [4.78, 5) is 30.7. The van der Waals surface area contributed by atoms with E-state index in [0.717, 1.165) is 42.5 Å². The first-order valence-corrected chi connectivity index (χ1v) is 12.1. The Hall–Kier alpha value is -2.47. The molecule has 5 nitrogen and oxygen atoms in total. The average Bonchev–Trinajstić information content (AvgIpc) is 3.40. The lowest BCUT2D eigenvalue weighted by molar-refractivity contribution is -0.143. The summed E-state index contributed by atoms with van der Waals surface area (Å²) in [6, 6.07) is 10.2. The lowest BCUT2D eigenvalue weighted by Gasteiger charge is -2.19. The van der Waals surface area contributed by atoms with Crippen molar-refractivity contribution in [3.05, 3.63) is 52.0 Å². The van der Waals surface area contributed by atoms with Crippen molar-refractivity contribution in [3.63, 3.8) is 0 Å². The number of aromatic nitrogens is 2. The molecule has 2 heterocycles. The van der Waals surface area contributed by atoms with Gasteiger partial charge in [-0.1, -0.05) is 40.2 Å². The summed E-state index contributed by atoms with van der Waals surface area (Å²) in [5, 5.41) is 11.6. The molecule has 0 fully saturated rings. The molecule has 0 spiro atoms. The number of fused-ring (bicyclic) bond motifs is 1. The second kappa shape index (κ2) is 10.2. The lowest BCUT2D eigenvalue weighted by Crippen LogP contribution is -2.24. The molecule has 0 aliphatic carbocycles. The Kier molecular flexibility index (Phi) is 7.65. The van der Waals surface area contributed by atoms with Gasteiger partial charge in [-0.3, -0.25) is 9.59 Å². The van der Waals surface area contributed by atoms with Crippen LogP contribution in [0.2, 0.25) is 0 Å². The van der Waals surface area contributed by atoms with Crippen LogP contribution in [0.25, 0.3) is 11.0 Å². The second-order valence-electron chi connectivity index (χ2n) is 8.29. The van der Waals surface area contributed by atoms with Gasteiger partial charge in [0.2, 0.25) is 0 Å². The topological polar surface area (TPSA) is 72.2 Å². The van der Waals surface area contributed by atoms with Crippen LogP contribution in [-0.4, -0.2) is 26.4 Å². The van der Waals surface area contributed by atoms with E-state index in [4.69, 9.17) is 4.98 Å². The van der Waals surface area contributed by atoms with Crippen LogP contribution in [0.5, 0.6) is 0 Å². The molecule has 2 atom stereocenters. The van der Waals surface area contributed by atoms with Crippen LogP contribution in [0, 0.1) is 11.8 Å². The van der Waals surface area contributed by atoms with Crippen LogP contribution >= 0.6 is 11.3 Å². The number of aliphatic carboxylic acids is 1. The van der Waals surface area contributed by atoms with Crippen molar-refractivity contribution < 1.29 is 14.7 Å². The molecule has 3 aromatic rings. The molecule has 1 N–H and O–H groups in total. The third-order valence-electron chi connectivity index (χ3n) is 6.36. The number of carbonyl (C=O) groups excluding carboxylic acids is 1. The maximum Gasteiger partial charge on any atom is 0.307 e. The zero-order chi connectivity index (χ0) is 22.5. The van der Waals surface area contributed by atoms with Gasteiger partial charge in [0.25, 0.3) is 0 Å². The van der Waals surface area contributed by atoms with Gasteiger partial charge >= 0.3 is 5.97 Å². The van der Waals surface area contributed by atoms with E-state index in [0.29, 0.717) is 11.6 Å². The third kappa shape index (κ3) is 5.06. The molecular formula is C25H32N2O3S. The highest BCUT2D eigenvalue weighted by Gasteiger charge is 2.27. The normalized spacial score (nSPS) is 13.6. The van der Waals surface area contributed by atoms with Gasteiger partial charge in [-0.2, -0.15) is 0 Å². The highest BCUT2D eigenvalue weighted by molar-refractivity contribution is 7.09. The molecule has 0 radical (unpaired) electrons. The Bertz CT molecular complexity index is 1030. The average molecular weight is 441 g/mol. The summed E-state index contributed by atoms with van der Waals surface area (Å²) in [5.74, 6) is -0.730. The highest BCUT2D eigenvalue weighted by Crippen LogP contribution is 2.29. The minimum atomic E-state index is -0.903. The van der Waals surface area contributed by atoms with E-state index in [9.17, 15) is 14.7 Å². The van der Waals surface area contributed by atoms with Crippen molar-refractivity contribution in [3.8, 4) is 0 Å². The van der Waals surface area contributed by atoms with Gasteiger partial charge in [-0.05, 0) is 48.4 Å². The largest absolute Gasteiger partial charge is 0.481 e. The molecule has 2 aromatic heterocycles. The summed E-state index contributed by atoms with van der Waals surface area (Å²) in [6.45, 7) is 8.22. The fraction of sp³-hybridized carbons (Fsp3) is 0.480. The number of carboxylic acid groups (broad SMARTS) is 1. The van der Waals surface area contributed by atoms with Crippen LogP contribution in [0.1, 0.15) is 80.5 Å². The van der Waals surface area contributed by atoms with E-state index < -0.39 is 11.9 Å². The molecule has 31 heavy (non-hydrogen) atoms. The predicted octanol–water partition coefficient (Wildman–Crippen LogP) is 6.37. The molecule has 1 aromatic carbocycles. The summed E-state index contributed by atoms with van der Waals surface area (Å²) in [5.41, 5.74) is 2.38. The van der Waals surface area contributed by atoms with Crippen molar-refractivity contribution in [2.75, 3.05) is 0 Å². The molecule has 0 saturated heterocycles. The van der Waals surface area contributed by atoms with Gasteiger partial charge in [0.15, 0.2) is 5.78 Å². The monoisotopic (exact) mass is 440 g/mol. The number of hydrogen-bond acceptors (Lipinski definition) is 4. The Labute approximate surface area is 188 Å². The number of thiophene rings is 1. The fourth-order valence-electron chi connectivity index (χ4n) is 4.21. The number of imidazole rings is 1. The third-order valence-corrected chi connectivity index (χ3v) is 7.23. The second-order valence-corrected chi connectivity index (χ2v) is 9.32. The number of rotatable bonds is 11. The van der Waals surface area contributed by atoms with Crippen LogP contribution in [0.15, 0.2) is 35.7 Å². The molecule has 1 unspecified atom stereocenters. The van der Waals surface area contributed by atoms with Crippen molar-refractivity contribution in [2.24, 2.45) is 11.8 Å². The SMILES string of the molecule is CCC(C)[C@H](CC(=O)c1ccc2c(c1)nc(Cc1cccs1)n2C(CC)CC)C(=O)O. The summed E-state index contributed by atoms with van der Waals surface area (Å²) in [6.07, 6.45) is 3.53. The van der Waals surface area contributed by atoms with Gasteiger partial charge in [-0.25, -0.2) is 4.98 Å². The van der Waals surface area contributed by atoms with E-state index in [1.54, 1.807) is 11.3 Å². The molecule has 166 valence electrons. The lowest BCUT2D eigenvalue weighted by atomic mass is 9.86. The Morgan fingerprint density at radius 1 is 1.13 bits per heavy atom. The van der Waals surface area contributed by atoms with E-state index in [2.05, 4.69) is 35.9 Å². The van der Waals surface area contributed by atoms with E-state index in [1.807, 2.05) is 32.0 Å². The highest BCUT2D eigenvalue weighted by atomic mass is 32.1. The summed E-state index contributed by atoms with van der Waals surface area (Å²) in [7, 11) is 0. The Morgan fingerprint density at radius 3 is 2.45 bits per heavy atom. The smallest absolute Gasteiger partial charge is 0.307 e. The molecule has 0 saturated carbocycles. The maximum atomic E-state index is 12.9. The first-order chi connectivity index (χ1) is 14.9. The molecule has 3 rings (SSSR count). The van der Waals surface area contributed by atoms with E-state index >= 15 is 0 Å². The fourth-order valence-corrected chi connectivity index (χ4v) is 4.91. The van der Waals surface area contributed by atoms with Crippen LogP contribution in [0.3, 0.4) is 0 Å². The summed E-state index contributed by atoms with van der Waals surface area (Å²) < 4.78 is 2.32. The van der Waals surface area contributed by atoms with Crippen LogP contribution < -0.4 is 0 Å².